The highest BCUT2D eigenvalue weighted by Crippen LogP contribution is 2.26. The number of para-hydroxylation sites is 1. The molecule has 8 nitrogen and oxygen atoms in total. The molecule has 4 rings (SSSR count). The third kappa shape index (κ3) is 4.26. The molecule has 0 unspecified atom stereocenters. The number of amides is 1. The average molecular weight is 436 g/mol. The van der Waals surface area contributed by atoms with Gasteiger partial charge in [0.2, 0.25) is 0 Å². The molecule has 1 amide bonds. The smallest absolute Gasteiger partial charge is 0.291 e. The van der Waals surface area contributed by atoms with Gasteiger partial charge >= 0.3 is 0 Å². The quantitative estimate of drug-likeness (QED) is 0.485. The van der Waals surface area contributed by atoms with Crippen LogP contribution in [0.1, 0.15) is 27.6 Å². The van der Waals surface area contributed by atoms with Crippen molar-refractivity contribution in [1.82, 2.24) is 9.97 Å². The largest absolute Gasteiger partial charge is 0.451 e. The zero-order chi connectivity index (χ0) is 22.2. The minimum Gasteiger partial charge on any atom is -0.451 e. The van der Waals surface area contributed by atoms with Gasteiger partial charge in [-0.2, -0.15) is 0 Å². The summed E-state index contributed by atoms with van der Waals surface area (Å²) in [6.45, 7) is 5.26. The fourth-order valence-corrected chi connectivity index (χ4v) is 4.25. The molecule has 0 aliphatic heterocycles. The summed E-state index contributed by atoms with van der Waals surface area (Å²) in [4.78, 5) is 20.9. The molecule has 0 atom stereocenters. The van der Waals surface area contributed by atoms with E-state index in [4.69, 9.17) is 4.42 Å². The molecule has 0 saturated heterocycles. The van der Waals surface area contributed by atoms with Crippen LogP contribution in [-0.2, 0) is 10.0 Å². The van der Waals surface area contributed by atoms with E-state index in [0.29, 0.717) is 22.8 Å². The van der Waals surface area contributed by atoms with Crippen LogP contribution in [0, 0.1) is 20.8 Å². The Morgan fingerprint density at radius 2 is 1.68 bits per heavy atom. The molecule has 2 N–H and O–H groups in total. The third-order valence-corrected chi connectivity index (χ3v) is 6.05. The number of anilines is 2. The third-order valence-electron chi connectivity index (χ3n) is 4.68. The van der Waals surface area contributed by atoms with Crippen LogP contribution in [0.2, 0.25) is 0 Å². The Balaban J connectivity index is 1.52. The molecule has 2 heterocycles. The van der Waals surface area contributed by atoms with E-state index >= 15 is 0 Å². The summed E-state index contributed by atoms with van der Waals surface area (Å²) in [5.74, 6) is 0.475. The number of benzene rings is 2. The number of carbonyl (C=O) groups excluding carboxylic acids is 1. The number of carbonyl (C=O) groups is 1. The second kappa shape index (κ2) is 7.84. The fraction of sp³-hybridized carbons (Fsp3) is 0.136. The van der Waals surface area contributed by atoms with E-state index in [2.05, 4.69) is 20.0 Å². The molecular weight excluding hydrogens is 416 g/mol. The predicted molar refractivity (Wildman–Crippen MR) is 118 cm³/mol. The summed E-state index contributed by atoms with van der Waals surface area (Å²) < 4.78 is 33.4. The van der Waals surface area contributed by atoms with Crippen molar-refractivity contribution in [3.63, 3.8) is 0 Å². The monoisotopic (exact) mass is 436 g/mol. The first-order chi connectivity index (χ1) is 14.7. The lowest BCUT2D eigenvalue weighted by molar-refractivity contribution is 0.0998. The highest BCUT2D eigenvalue weighted by molar-refractivity contribution is 7.92. The standard InChI is InChI=1S/C22H20N4O4S/c1-13-12-20(24-15(3)23-13)26-31(28,29)17-10-8-16(9-11-17)25-22(27)21-14(2)18-6-4-5-7-19(18)30-21/h4-12H,1-3H3,(H,25,27)(H,23,24,26). The van der Waals surface area contributed by atoms with Crippen LogP contribution in [-0.4, -0.2) is 24.3 Å². The van der Waals surface area contributed by atoms with Gasteiger partial charge in [0.15, 0.2) is 5.76 Å². The first kappa shape index (κ1) is 20.5. The van der Waals surface area contributed by atoms with Crippen molar-refractivity contribution < 1.29 is 17.6 Å². The number of furan rings is 1. The number of nitrogens with zero attached hydrogens (tertiary/aromatic N) is 2. The summed E-state index contributed by atoms with van der Waals surface area (Å²) in [6.07, 6.45) is 0. The van der Waals surface area contributed by atoms with Gasteiger partial charge < -0.3 is 9.73 Å². The van der Waals surface area contributed by atoms with Crippen molar-refractivity contribution in [2.75, 3.05) is 10.0 Å². The van der Waals surface area contributed by atoms with Crippen molar-refractivity contribution in [3.05, 3.63) is 77.4 Å². The van der Waals surface area contributed by atoms with Gasteiger partial charge in [-0.15, -0.1) is 0 Å². The summed E-state index contributed by atoms with van der Waals surface area (Å²) >= 11 is 0. The number of aryl methyl sites for hydroxylation is 3. The fourth-order valence-electron chi connectivity index (χ4n) is 3.26. The molecule has 2 aromatic carbocycles. The van der Waals surface area contributed by atoms with Crippen LogP contribution >= 0.6 is 0 Å². The molecule has 0 saturated carbocycles. The maximum Gasteiger partial charge on any atom is 0.291 e. The van der Waals surface area contributed by atoms with Gasteiger partial charge in [-0.1, -0.05) is 18.2 Å². The van der Waals surface area contributed by atoms with Gasteiger partial charge in [0.05, 0.1) is 4.90 Å². The molecule has 0 fully saturated rings. The molecule has 158 valence electrons. The number of hydrogen-bond acceptors (Lipinski definition) is 6. The van der Waals surface area contributed by atoms with Gasteiger partial charge in [0.1, 0.15) is 17.2 Å². The lowest BCUT2D eigenvalue weighted by Gasteiger charge is -2.09. The Hall–Kier alpha value is -3.72. The zero-order valence-corrected chi connectivity index (χ0v) is 17.9. The Morgan fingerprint density at radius 3 is 2.35 bits per heavy atom. The van der Waals surface area contributed by atoms with Crippen molar-refractivity contribution in [3.8, 4) is 0 Å². The minimum atomic E-state index is -3.84. The van der Waals surface area contributed by atoms with Crippen molar-refractivity contribution in [2.24, 2.45) is 0 Å². The minimum absolute atomic E-state index is 0.0411. The molecule has 0 aliphatic rings. The van der Waals surface area contributed by atoms with Crippen molar-refractivity contribution >= 4 is 38.4 Å². The summed E-state index contributed by atoms with van der Waals surface area (Å²) in [7, 11) is -3.84. The Kier molecular flexibility index (Phi) is 5.20. The summed E-state index contributed by atoms with van der Waals surface area (Å²) in [6, 6.07) is 14.8. The molecule has 9 heteroatoms. The van der Waals surface area contributed by atoms with Gasteiger partial charge in [0.25, 0.3) is 15.9 Å². The lowest BCUT2D eigenvalue weighted by atomic mass is 10.1. The van der Waals surface area contributed by atoms with Gasteiger partial charge in [-0.25, -0.2) is 18.4 Å². The van der Waals surface area contributed by atoms with E-state index in [9.17, 15) is 13.2 Å². The first-order valence-electron chi connectivity index (χ1n) is 9.47. The average Bonchev–Trinajstić information content (AvgIpc) is 3.04. The van der Waals surface area contributed by atoms with Crippen LogP contribution in [0.4, 0.5) is 11.5 Å². The normalized spacial score (nSPS) is 11.5. The highest BCUT2D eigenvalue weighted by atomic mass is 32.2. The van der Waals surface area contributed by atoms with Crippen LogP contribution in [0.3, 0.4) is 0 Å². The van der Waals surface area contributed by atoms with Gasteiger partial charge in [-0.3, -0.25) is 9.52 Å². The van der Waals surface area contributed by atoms with E-state index in [-0.39, 0.29) is 16.5 Å². The van der Waals surface area contributed by atoms with Crippen LogP contribution < -0.4 is 10.0 Å². The number of hydrogen-bond donors (Lipinski definition) is 2. The molecule has 0 bridgehead atoms. The van der Waals surface area contributed by atoms with Gasteiger partial charge in [-0.05, 0) is 51.1 Å². The second-order valence-corrected chi connectivity index (χ2v) is 8.76. The predicted octanol–water partition coefficient (Wildman–Crippen LogP) is 4.20. The molecule has 0 radical (unpaired) electrons. The number of sulfonamides is 1. The van der Waals surface area contributed by atoms with E-state index in [1.807, 2.05) is 25.1 Å². The molecule has 31 heavy (non-hydrogen) atoms. The highest BCUT2D eigenvalue weighted by Gasteiger charge is 2.19. The molecule has 4 aromatic rings. The van der Waals surface area contributed by atoms with Crippen LogP contribution in [0.15, 0.2) is 63.9 Å². The van der Waals surface area contributed by atoms with E-state index < -0.39 is 15.9 Å². The second-order valence-electron chi connectivity index (χ2n) is 7.08. The summed E-state index contributed by atoms with van der Waals surface area (Å²) in [5, 5.41) is 3.61. The molecular formula is C22H20N4O4S. The topological polar surface area (TPSA) is 114 Å². The van der Waals surface area contributed by atoms with E-state index in [1.165, 1.54) is 24.3 Å². The van der Waals surface area contributed by atoms with Gasteiger partial charge in [0, 0.05) is 28.4 Å². The number of aromatic nitrogens is 2. The molecule has 0 aliphatic carbocycles. The van der Waals surface area contributed by atoms with Crippen LogP contribution in [0.25, 0.3) is 11.0 Å². The number of rotatable bonds is 5. The molecule has 0 spiro atoms. The molecule has 2 aromatic heterocycles. The van der Waals surface area contributed by atoms with Crippen molar-refractivity contribution in [1.29, 1.82) is 0 Å². The maximum absolute atomic E-state index is 12.6. The van der Waals surface area contributed by atoms with E-state index in [1.54, 1.807) is 26.0 Å². The zero-order valence-electron chi connectivity index (χ0n) is 17.1. The Labute approximate surface area is 179 Å². The van der Waals surface area contributed by atoms with Crippen molar-refractivity contribution in [2.45, 2.75) is 25.7 Å². The number of fused-ring (bicyclic) bond motifs is 1. The number of nitrogens with one attached hydrogen (secondary N) is 2. The lowest BCUT2D eigenvalue weighted by Crippen LogP contribution is -2.15. The van der Waals surface area contributed by atoms with E-state index in [0.717, 1.165) is 10.9 Å². The SMILES string of the molecule is Cc1cc(NS(=O)(=O)c2ccc(NC(=O)c3oc4ccccc4c3C)cc2)nc(C)n1. The Morgan fingerprint density at radius 1 is 0.968 bits per heavy atom. The first-order valence-corrected chi connectivity index (χ1v) is 11.0. The maximum atomic E-state index is 12.6. The Bertz CT molecular complexity index is 1370. The van der Waals surface area contributed by atoms with Crippen LogP contribution in [0.5, 0.6) is 0 Å². The summed E-state index contributed by atoms with van der Waals surface area (Å²) in [5.41, 5.74) is 2.47.